The SMILES string of the molecule is NC1CCCC(CC=O)C1. The highest BCUT2D eigenvalue weighted by atomic mass is 16.1. The molecule has 0 aliphatic heterocycles. The lowest BCUT2D eigenvalue weighted by Gasteiger charge is -2.24. The van der Waals surface area contributed by atoms with Crippen LogP contribution in [0.3, 0.4) is 0 Å². The van der Waals surface area contributed by atoms with Crippen LogP contribution >= 0.6 is 0 Å². The third-order valence-electron chi connectivity index (χ3n) is 2.25. The van der Waals surface area contributed by atoms with Gasteiger partial charge in [0.25, 0.3) is 0 Å². The fourth-order valence-electron chi connectivity index (χ4n) is 1.68. The van der Waals surface area contributed by atoms with Gasteiger partial charge in [-0.3, -0.25) is 0 Å². The summed E-state index contributed by atoms with van der Waals surface area (Å²) in [5, 5.41) is 0. The van der Waals surface area contributed by atoms with Gasteiger partial charge in [-0.2, -0.15) is 0 Å². The van der Waals surface area contributed by atoms with Crippen LogP contribution in [0.15, 0.2) is 0 Å². The molecule has 0 heterocycles. The number of rotatable bonds is 2. The Labute approximate surface area is 61.8 Å². The molecule has 0 radical (unpaired) electrons. The Kier molecular flexibility index (Phi) is 2.87. The second kappa shape index (κ2) is 3.71. The summed E-state index contributed by atoms with van der Waals surface area (Å²) in [6.07, 6.45) is 6.34. The molecule has 0 bridgehead atoms. The molecule has 0 saturated heterocycles. The Morgan fingerprint density at radius 3 is 2.90 bits per heavy atom. The van der Waals surface area contributed by atoms with E-state index in [2.05, 4.69) is 0 Å². The van der Waals surface area contributed by atoms with Gasteiger partial charge in [0.1, 0.15) is 6.29 Å². The minimum absolute atomic E-state index is 0.360. The van der Waals surface area contributed by atoms with Crippen LogP contribution in [0.1, 0.15) is 32.1 Å². The summed E-state index contributed by atoms with van der Waals surface area (Å²) in [6.45, 7) is 0. The molecule has 1 rings (SSSR count). The maximum absolute atomic E-state index is 10.1. The van der Waals surface area contributed by atoms with Crippen LogP contribution in [-0.4, -0.2) is 12.3 Å². The molecular weight excluding hydrogens is 126 g/mol. The van der Waals surface area contributed by atoms with Crippen molar-refractivity contribution in [2.75, 3.05) is 0 Å². The molecule has 0 aromatic carbocycles. The lowest BCUT2D eigenvalue weighted by atomic mass is 9.85. The van der Waals surface area contributed by atoms with E-state index in [-0.39, 0.29) is 0 Å². The Morgan fingerprint density at radius 1 is 1.50 bits per heavy atom. The summed E-state index contributed by atoms with van der Waals surface area (Å²) in [4.78, 5) is 10.1. The molecule has 0 amide bonds. The molecule has 2 nitrogen and oxygen atoms in total. The summed E-state index contributed by atoms with van der Waals surface area (Å²) in [7, 11) is 0. The zero-order valence-electron chi connectivity index (χ0n) is 6.25. The Morgan fingerprint density at radius 2 is 2.30 bits per heavy atom. The Bertz CT molecular complexity index is 114. The smallest absolute Gasteiger partial charge is 0.120 e. The molecule has 1 fully saturated rings. The van der Waals surface area contributed by atoms with Gasteiger partial charge in [-0.05, 0) is 25.2 Å². The van der Waals surface area contributed by atoms with Crippen LogP contribution in [0.2, 0.25) is 0 Å². The van der Waals surface area contributed by atoms with E-state index >= 15 is 0 Å². The molecule has 1 aliphatic carbocycles. The van der Waals surface area contributed by atoms with E-state index in [0.717, 1.165) is 19.1 Å². The number of carbonyl (C=O) groups excluding carboxylic acids is 1. The minimum atomic E-state index is 0.360. The first kappa shape index (κ1) is 7.73. The third kappa shape index (κ3) is 2.10. The van der Waals surface area contributed by atoms with Gasteiger partial charge in [0.2, 0.25) is 0 Å². The van der Waals surface area contributed by atoms with Crippen LogP contribution in [0, 0.1) is 5.92 Å². The molecule has 2 unspecified atom stereocenters. The molecule has 2 atom stereocenters. The molecule has 1 aliphatic rings. The predicted octanol–water partition coefficient (Wildman–Crippen LogP) is 1.09. The van der Waals surface area contributed by atoms with Crippen LogP contribution in [0.5, 0.6) is 0 Å². The number of carbonyl (C=O) groups is 1. The van der Waals surface area contributed by atoms with Gasteiger partial charge in [0, 0.05) is 12.5 Å². The molecular formula is C8H15NO. The highest BCUT2D eigenvalue weighted by molar-refractivity contribution is 5.49. The molecule has 58 valence electrons. The predicted molar refractivity (Wildman–Crippen MR) is 40.6 cm³/mol. The van der Waals surface area contributed by atoms with Crippen LogP contribution < -0.4 is 5.73 Å². The molecule has 0 aromatic rings. The van der Waals surface area contributed by atoms with Crippen molar-refractivity contribution in [3.05, 3.63) is 0 Å². The van der Waals surface area contributed by atoms with E-state index in [1.54, 1.807) is 0 Å². The topological polar surface area (TPSA) is 43.1 Å². The normalized spacial score (nSPS) is 33.7. The van der Waals surface area contributed by atoms with Gasteiger partial charge in [0.05, 0.1) is 0 Å². The zero-order valence-corrected chi connectivity index (χ0v) is 6.25. The highest BCUT2D eigenvalue weighted by Gasteiger charge is 2.17. The first-order valence-corrected chi connectivity index (χ1v) is 4.02. The second-order valence-corrected chi connectivity index (χ2v) is 3.20. The average molecular weight is 141 g/mol. The number of hydrogen-bond acceptors (Lipinski definition) is 2. The lowest BCUT2D eigenvalue weighted by Crippen LogP contribution is -2.27. The second-order valence-electron chi connectivity index (χ2n) is 3.20. The summed E-state index contributed by atoms with van der Waals surface area (Å²) in [5.41, 5.74) is 5.74. The third-order valence-corrected chi connectivity index (χ3v) is 2.25. The van der Waals surface area contributed by atoms with Crippen molar-refractivity contribution in [3.8, 4) is 0 Å². The Hall–Kier alpha value is -0.370. The maximum Gasteiger partial charge on any atom is 0.120 e. The largest absolute Gasteiger partial charge is 0.328 e. The van der Waals surface area contributed by atoms with E-state index in [9.17, 15) is 4.79 Å². The Balaban J connectivity index is 2.24. The van der Waals surface area contributed by atoms with Crippen LogP contribution in [-0.2, 0) is 4.79 Å². The van der Waals surface area contributed by atoms with Crippen molar-refractivity contribution in [1.29, 1.82) is 0 Å². The van der Waals surface area contributed by atoms with Crippen LogP contribution in [0.25, 0.3) is 0 Å². The van der Waals surface area contributed by atoms with Gasteiger partial charge in [-0.25, -0.2) is 0 Å². The van der Waals surface area contributed by atoms with Crippen molar-refractivity contribution in [3.63, 3.8) is 0 Å². The number of nitrogens with two attached hydrogens (primary N) is 1. The fourth-order valence-corrected chi connectivity index (χ4v) is 1.68. The fraction of sp³-hybridized carbons (Fsp3) is 0.875. The van der Waals surface area contributed by atoms with Crippen molar-refractivity contribution < 1.29 is 4.79 Å². The molecule has 0 spiro atoms. The van der Waals surface area contributed by atoms with Gasteiger partial charge in [-0.15, -0.1) is 0 Å². The zero-order chi connectivity index (χ0) is 7.40. The van der Waals surface area contributed by atoms with E-state index in [0.29, 0.717) is 18.4 Å². The van der Waals surface area contributed by atoms with Gasteiger partial charge in [-0.1, -0.05) is 6.42 Å². The molecule has 10 heavy (non-hydrogen) atoms. The lowest BCUT2D eigenvalue weighted by molar-refractivity contribution is -0.108. The number of hydrogen-bond donors (Lipinski definition) is 1. The van der Waals surface area contributed by atoms with E-state index in [1.165, 1.54) is 12.8 Å². The standard InChI is InChI=1S/C8H15NO/c9-8-3-1-2-7(6-8)4-5-10/h5,7-8H,1-4,6,9H2. The van der Waals surface area contributed by atoms with Crippen molar-refractivity contribution in [1.82, 2.24) is 0 Å². The van der Waals surface area contributed by atoms with Gasteiger partial charge in [0.15, 0.2) is 0 Å². The summed E-state index contributed by atoms with van der Waals surface area (Å²) in [5.74, 6) is 0.584. The maximum atomic E-state index is 10.1. The van der Waals surface area contributed by atoms with Crippen molar-refractivity contribution in [2.45, 2.75) is 38.1 Å². The summed E-state index contributed by atoms with van der Waals surface area (Å²) >= 11 is 0. The van der Waals surface area contributed by atoms with E-state index < -0.39 is 0 Å². The molecule has 2 N–H and O–H groups in total. The first-order valence-electron chi connectivity index (χ1n) is 4.02. The van der Waals surface area contributed by atoms with E-state index in [1.807, 2.05) is 0 Å². The van der Waals surface area contributed by atoms with Crippen LogP contribution in [0.4, 0.5) is 0 Å². The van der Waals surface area contributed by atoms with Crippen molar-refractivity contribution >= 4 is 6.29 Å². The molecule has 0 aromatic heterocycles. The van der Waals surface area contributed by atoms with Gasteiger partial charge < -0.3 is 10.5 Å². The van der Waals surface area contributed by atoms with Crippen molar-refractivity contribution in [2.24, 2.45) is 11.7 Å². The first-order chi connectivity index (χ1) is 4.83. The molecule has 1 saturated carbocycles. The monoisotopic (exact) mass is 141 g/mol. The quantitative estimate of drug-likeness (QED) is 0.585. The van der Waals surface area contributed by atoms with E-state index in [4.69, 9.17) is 5.73 Å². The van der Waals surface area contributed by atoms with Gasteiger partial charge >= 0.3 is 0 Å². The summed E-state index contributed by atoms with van der Waals surface area (Å²) in [6, 6.07) is 0.360. The minimum Gasteiger partial charge on any atom is -0.328 e. The highest BCUT2D eigenvalue weighted by Crippen LogP contribution is 2.24. The summed E-state index contributed by atoms with van der Waals surface area (Å²) < 4.78 is 0. The number of aldehydes is 1. The average Bonchev–Trinajstić information content (AvgIpc) is 1.88. The molecule has 2 heteroatoms.